The van der Waals surface area contributed by atoms with Gasteiger partial charge in [-0.25, -0.2) is 4.79 Å². The van der Waals surface area contributed by atoms with Crippen molar-refractivity contribution in [3.63, 3.8) is 0 Å². The molecular formula is C30H28O5S. The molecule has 36 heavy (non-hydrogen) atoms. The molecule has 0 N–H and O–H groups in total. The molecule has 0 unspecified atom stereocenters. The Labute approximate surface area is 216 Å². The van der Waals surface area contributed by atoms with Crippen LogP contribution in [0, 0.1) is 0 Å². The largest absolute Gasteiger partial charge is 0.497 e. The van der Waals surface area contributed by atoms with Crippen LogP contribution in [0.1, 0.15) is 10.4 Å². The molecule has 0 saturated carbocycles. The Balaban J connectivity index is 2.21. The fraction of sp³-hybridized carbons (Fsp3) is 0.167. The Morgan fingerprint density at radius 2 is 1.11 bits per heavy atom. The summed E-state index contributed by atoms with van der Waals surface area (Å²) in [6.45, 7) is 0. The maximum Gasteiger partial charge on any atom is 0.339 e. The zero-order valence-electron chi connectivity index (χ0n) is 21.0. The van der Waals surface area contributed by atoms with Gasteiger partial charge in [-0.05, 0) is 47.2 Å². The number of hydrogen-bond acceptors (Lipinski definition) is 6. The Kier molecular flexibility index (Phi) is 7.86. The van der Waals surface area contributed by atoms with Crippen LogP contribution in [0.25, 0.3) is 33.4 Å². The fourth-order valence-corrected chi connectivity index (χ4v) is 5.17. The highest BCUT2D eigenvalue weighted by Crippen LogP contribution is 2.52. The minimum Gasteiger partial charge on any atom is -0.497 e. The highest BCUT2D eigenvalue weighted by molar-refractivity contribution is 7.98. The van der Waals surface area contributed by atoms with Gasteiger partial charge in [-0.3, -0.25) is 0 Å². The van der Waals surface area contributed by atoms with Crippen molar-refractivity contribution in [1.29, 1.82) is 0 Å². The summed E-state index contributed by atoms with van der Waals surface area (Å²) in [5.74, 6) is 1.67. The number of carbonyl (C=O) groups is 1. The first-order chi connectivity index (χ1) is 17.6. The van der Waals surface area contributed by atoms with Gasteiger partial charge in [-0.2, -0.15) is 0 Å². The Bertz CT molecular complexity index is 1350. The molecule has 5 nitrogen and oxygen atoms in total. The molecule has 0 saturated heterocycles. The molecule has 0 amide bonds. The lowest BCUT2D eigenvalue weighted by atomic mass is 9.86. The second-order valence-electron chi connectivity index (χ2n) is 7.88. The van der Waals surface area contributed by atoms with Gasteiger partial charge in [0.05, 0.1) is 34.0 Å². The van der Waals surface area contributed by atoms with Crippen LogP contribution in [0.15, 0.2) is 83.8 Å². The summed E-state index contributed by atoms with van der Waals surface area (Å²) < 4.78 is 22.2. The van der Waals surface area contributed by atoms with Crippen LogP contribution in [-0.2, 0) is 4.74 Å². The smallest absolute Gasteiger partial charge is 0.339 e. The molecule has 0 bridgehead atoms. The highest BCUT2D eigenvalue weighted by atomic mass is 32.2. The van der Waals surface area contributed by atoms with Gasteiger partial charge in [0.1, 0.15) is 17.2 Å². The number of esters is 1. The third-order valence-electron chi connectivity index (χ3n) is 6.03. The molecule has 0 aromatic heterocycles. The molecule has 0 atom stereocenters. The molecule has 6 heteroatoms. The number of benzene rings is 4. The van der Waals surface area contributed by atoms with Crippen molar-refractivity contribution in [3.05, 3.63) is 84.4 Å². The second kappa shape index (κ2) is 11.2. The van der Waals surface area contributed by atoms with E-state index in [1.807, 2.05) is 85.1 Å². The third kappa shape index (κ3) is 4.64. The van der Waals surface area contributed by atoms with Crippen LogP contribution >= 0.6 is 11.8 Å². The molecule has 0 spiro atoms. The van der Waals surface area contributed by atoms with E-state index in [1.165, 1.54) is 18.9 Å². The van der Waals surface area contributed by atoms with Crippen LogP contribution < -0.4 is 14.2 Å². The van der Waals surface area contributed by atoms with Gasteiger partial charge in [-0.1, -0.05) is 54.6 Å². The maximum absolute atomic E-state index is 13.3. The average molecular weight is 501 g/mol. The lowest BCUT2D eigenvalue weighted by Crippen LogP contribution is -2.10. The van der Waals surface area contributed by atoms with Crippen molar-refractivity contribution < 1.29 is 23.7 Å². The van der Waals surface area contributed by atoms with Crippen molar-refractivity contribution in [2.45, 2.75) is 4.90 Å². The molecule has 0 aliphatic heterocycles. The Morgan fingerprint density at radius 3 is 1.56 bits per heavy atom. The van der Waals surface area contributed by atoms with Crippen molar-refractivity contribution in [2.75, 3.05) is 34.7 Å². The van der Waals surface area contributed by atoms with Crippen molar-refractivity contribution in [3.8, 4) is 50.6 Å². The van der Waals surface area contributed by atoms with Gasteiger partial charge >= 0.3 is 5.97 Å². The molecule has 4 aromatic carbocycles. The minimum absolute atomic E-state index is 0.424. The van der Waals surface area contributed by atoms with E-state index in [0.29, 0.717) is 16.9 Å². The number of methoxy groups -OCH3 is 4. The van der Waals surface area contributed by atoms with E-state index in [4.69, 9.17) is 18.9 Å². The van der Waals surface area contributed by atoms with Crippen LogP contribution in [0.2, 0.25) is 0 Å². The van der Waals surface area contributed by atoms with Crippen LogP contribution in [0.3, 0.4) is 0 Å². The minimum atomic E-state index is -0.424. The third-order valence-corrected chi connectivity index (χ3v) is 6.84. The Hall–Kier alpha value is -3.90. The monoisotopic (exact) mass is 500 g/mol. The van der Waals surface area contributed by atoms with E-state index in [2.05, 4.69) is 0 Å². The predicted octanol–water partition coefficient (Wildman–Crippen LogP) is 7.22. The molecule has 184 valence electrons. The van der Waals surface area contributed by atoms with Gasteiger partial charge in [0.2, 0.25) is 0 Å². The second-order valence-corrected chi connectivity index (χ2v) is 8.70. The molecular weight excluding hydrogens is 472 g/mol. The van der Waals surface area contributed by atoms with Gasteiger partial charge in [0.15, 0.2) is 0 Å². The molecule has 0 aliphatic rings. The summed E-state index contributed by atoms with van der Waals surface area (Å²) in [4.78, 5) is 14.1. The Morgan fingerprint density at radius 1 is 0.611 bits per heavy atom. The van der Waals surface area contributed by atoms with Gasteiger partial charge < -0.3 is 18.9 Å². The lowest BCUT2D eigenvalue weighted by Gasteiger charge is -2.25. The summed E-state index contributed by atoms with van der Waals surface area (Å²) in [6.07, 6.45) is 1.97. The van der Waals surface area contributed by atoms with Crippen LogP contribution in [0.4, 0.5) is 0 Å². The van der Waals surface area contributed by atoms with E-state index in [1.54, 1.807) is 21.3 Å². The highest BCUT2D eigenvalue weighted by Gasteiger charge is 2.30. The van der Waals surface area contributed by atoms with E-state index < -0.39 is 5.97 Å². The summed E-state index contributed by atoms with van der Waals surface area (Å²) in [5.41, 5.74) is 5.64. The van der Waals surface area contributed by atoms with Crippen LogP contribution in [0.5, 0.6) is 17.2 Å². The molecule has 4 aromatic rings. The zero-order chi connectivity index (χ0) is 25.7. The molecule has 0 fully saturated rings. The van der Waals surface area contributed by atoms with Crippen molar-refractivity contribution >= 4 is 17.7 Å². The van der Waals surface area contributed by atoms with Crippen LogP contribution in [-0.4, -0.2) is 40.7 Å². The number of thioether (sulfide) groups is 1. The topological polar surface area (TPSA) is 54.0 Å². The first kappa shape index (κ1) is 25.2. The first-order valence-electron chi connectivity index (χ1n) is 11.3. The fourth-order valence-electron chi connectivity index (χ4n) is 4.36. The quantitative estimate of drug-likeness (QED) is 0.188. The zero-order valence-corrected chi connectivity index (χ0v) is 21.8. The summed E-state index contributed by atoms with van der Waals surface area (Å²) in [7, 11) is 6.31. The van der Waals surface area contributed by atoms with E-state index in [9.17, 15) is 4.79 Å². The molecule has 4 rings (SSSR count). The number of ether oxygens (including phenoxy) is 4. The first-order valence-corrected chi connectivity index (χ1v) is 12.5. The van der Waals surface area contributed by atoms with E-state index in [-0.39, 0.29) is 0 Å². The van der Waals surface area contributed by atoms with Gasteiger partial charge in [0.25, 0.3) is 0 Å². The summed E-state index contributed by atoms with van der Waals surface area (Å²) in [6, 6.07) is 25.4. The summed E-state index contributed by atoms with van der Waals surface area (Å²) >= 11 is 1.50. The lowest BCUT2D eigenvalue weighted by molar-refractivity contribution is 0.0597. The SMILES string of the molecule is COC(=O)c1c(SC)c(-c2ccc(OC)cc2)c(-c2ccc(OC)cc2)c(OC)c1-c1ccccc1. The molecule has 0 aliphatic carbocycles. The summed E-state index contributed by atoms with van der Waals surface area (Å²) in [5, 5.41) is 0. The van der Waals surface area contributed by atoms with Gasteiger partial charge in [-0.15, -0.1) is 11.8 Å². The van der Waals surface area contributed by atoms with Crippen molar-refractivity contribution in [1.82, 2.24) is 0 Å². The van der Waals surface area contributed by atoms with Gasteiger partial charge in [0, 0.05) is 21.6 Å². The number of rotatable bonds is 8. The molecule has 0 heterocycles. The number of hydrogen-bond donors (Lipinski definition) is 0. The normalized spacial score (nSPS) is 10.6. The number of carbonyl (C=O) groups excluding carboxylic acids is 1. The van der Waals surface area contributed by atoms with Crippen molar-refractivity contribution in [2.24, 2.45) is 0 Å². The standard InChI is InChI=1S/C30H28O5S/c1-32-22-15-11-20(12-16-22)24-26(21-13-17-23(33-2)18-14-21)29(36-5)27(30(31)35-4)25(28(24)34-3)19-9-7-6-8-10-19/h6-18H,1-5H3. The van der Waals surface area contributed by atoms with E-state index >= 15 is 0 Å². The average Bonchev–Trinajstić information content (AvgIpc) is 2.95. The predicted molar refractivity (Wildman–Crippen MR) is 146 cm³/mol. The maximum atomic E-state index is 13.3. The molecule has 0 radical (unpaired) electrons. The van der Waals surface area contributed by atoms with E-state index in [0.717, 1.165) is 44.2 Å².